The first-order valence-electron chi connectivity index (χ1n) is 6.74. The molecule has 0 saturated heterocycles. The summed E-state index contributed by atoms with van der Waals surface area (Å²) < 4.78 is 7.45. The smallest absolute Gasteiger partial charge is 0.287 e. The zero-order valence-corrected chi connectivity index (χ0v) is 12.9. The fraction of sp³-hybridized carbons (Fsp3) is 0.429. The highest BCUT2D eigenvalue weighted by Gasteiger charge is 2.15. The molecule has 2 aromatic rings. The van der Waals surface area contributed by atoms with Crippen molar-refractivity contribution in [2.24, 2.45) is 7.05 Å². The van der Waals surface area contributed by atoms with Crippen molar-refractivity contribution in [3.05, 3.63) is 36.0 Å². The molecule has 1 amide bonds. The van der Waals surface area contributed by atoms with Gasteiger partial charge in [0.2, 0.25) is 0 Å². The van der Waals surface area contributed by atoms with Crippen molar-refractivity contribution in [1.82, 2.24) is 14.9 Å². The van der Waals surface area contributed by atoms with Gasteiger partial charge >= 0.3 is 0 Å². The van der Waals surface area contributed by atoms with E-state index in [1.807, 2.05) is 24.7 Å². The summed E-state index contributed by atoms with van der Waals surface area (Å²) in [5, 5.41) is 12.7. The molecule has 0 radical (unpaired) electrons. The Balaban J connectivity index is 1.92. The third-order valence-electron chi connectivity index (χ3n) is 3.05. The molecule has 0 spiro atoms. The first-order chi connectivity index (χ1) is 10.1. The van der Waals surface area contributed by atoms with Crippen LogP contribution in [0.3, 0.4) is 0 Å². The summed E-state index contributed by atoms with van der Waals surface area (Å²) in [6, 6.07) is 3.19. The monoisotopic (exact) mass is 309 g/mol. The van der Waals surface area contributed by atoms with E-state index in [0.717, 1.165) is 5.16 Å². The number of furan rings is 1. The number of thioether (sulfide) groups is 1. The molecule has 0 fully saturated rings. The molecule has 0 saturated carbocycles. The molecule has 0 aromatic carbocycles. The molecule has 6 nitrogen and oxygen atoms in total. The van der Waals surface area contributed by atoms with Crippen molar-refractivity contribution >= 4 is 17.7 Å². The van der Waals surface area contributed by atoms with Gasteiger partial charge in [0.05, 0.1) is 18.4 Å². The molecular formula is C14H19N3O3S. The van der Waals surface area contributed by atoms with E-state index in [1.165, 1.54) is 0 Å². The second-order valence-electron chi connectivity index (χ2n) is 4.64. The molecule has 1 unspecified atom stereocenters. The van der Waals surface area contributed by atoms with Gasteiger partial charge in [-0.05, 0) is 18.6 Å². The molecule has 114 valence electrons. The largest absolute Gasteiger partial charge is 0.455 e. The minimum atomic E-state index is -0.302. The van der Waals surface area contributed by atoms with Gasteiger partial charge in [0, 0.05) is 19.4 Å². The average molecular weight is 309 g/mol. The van der Waals surface area contributed by atoms with E-state index in [-0.39, 0.29) is 24.3 Å². The number of aliphatic hydroxyl groups is 1. The number of imidazole rings is 1. The van der Waals surface area contributed by atoms with Crippen LogP contribution >= 0.6 is 11.8 Å². The summed E-state index contributed by atoms with van der Waals surface area (Å²) in [7, 11) is 1.93. The molecule has 21 heavy (non-hydrogen) atoms. The summed E-state index contributed by atoms with van der Waals surface area (Å²) in [6.07, 6.45) is 4.29. The van der Waals surface area contributed by atoms with E-state index in [2.05, 4.69) is 10.3 Å². The molecule has 2 rings (SSSR count). The SMILES string of the molecule is CCC(CO)NC(=O)c1ccc(CSc2nccn2C)o1. The van der Waals surface area contributed by atoms with Crippen LogP contribution in [0.5, 0.6) is 0 Å². The molecule has 2 heterocycles. The third-order valence-corrected chi connectivity index (χ3v) is 4.13. The van der Waals surface area contributed by atoms with Crippen molar-refractivity contribution in [2.45, 2.75) is 30.3 Å². The summed E-state index contributed by atoms with van der Waals surface area (Å²) in [5.74, 6) is 1.28. The lowest BCUT2D eigenvalue weighted by molar-refractivity contribution is 0.0885. The Bertz CT molecular complexity index is 590. The van der Waals surface area contributed by atoms with Crippen LogP contribution in [0.15, 0.2) is 34.1 Å². The van der Waals surface area contributed by atoms with Crippen LogP contribution in [0, 0.1) is 0 Å². The Hall–Kier alpha value is -1.73. The molecule has 2 N–H and O–H groups in total. The Morgan fingerprint density at radius 2 is 2.38 bits per heavy atom. The van der Waals surface area contributed by atoms with Gasteiger partial charge in [0.15, 0.2) is 10.9 Å². The summed E-state index contributed by atoms with van der Waals surface area (Å²) >= 11 is 1.54. The second-order valence-corrected chi connectivity index (χ2v) is 5.58. The van der Waals surface area contributed by atoms with Crippen molar-refractivity contribution in [3.63, 3.8) is 0 Å². The molecule has 0 aliphatic heterocycles. The van der Waals surface area contributed by atoms with Crippen LogP contribution in [0.1, 0.15) is 29.7 Å². The zero-order valence-electron chi connectivity index (χ0n) is 12.1. The Labute approximate surface area is 127 Å². The van der Waals surface area contributed by atoms with Gasteiger partial charge in [-0.15, -0.1) is 0 Å². The Morgan fingerprint density at radius 3 is 3.00 bits per heavy atom. The first kappa shape index (κ1) is 15.7. The van der Waals surface area contributed by atoms with E-state index < -0.39 is 0 Å². The lowest BCUT2D eigenvalue weighted by Crippen LogP contribution is -2.36. The van der Waals surface area contributed by atoms with Crippen LogP contribution in [-0.2, 0) is 12.8 Å². The molecule has 7 heteroatoms. The minimum Gasteiger partial charge on any atom is -0.455 e. The fourth-order valence-corrected chi connectivity index (χ4v) is 2.56. The van der Waals surface area contributed by atoms with Crippen molar-refractivity contribution in [1.29, 1.82) is 0 Å². The molecule has 0 aliphatic rings. The van der Waals surface area contributed by atoms with Crippen LogP contribution < -0.4 is 5.32 Å². The molecule has 0 aliphatic carbocycles. The van der Waals surface area contributed by atoms with E-state index in [1.54, 1.807) is 30.1 Å². The standard InChI is InChI=1S/C14H19N3O3S/c1-3-10(8-18)16-13(19)12-5-4-11(20-12)9-21-14-15-6-7-17(14)2/h4-7,10,18H,3,8-9H2,1-2H3,(H,16,19). The quantitative estimate of drug-likeness (QED) is 0.762. The maximum Gasteiger partial charge on any atom is 0.287 e. The average Bonchev–Trinajstić information content (AvgIpc) is 3.11. The van der Waals surface area contributed by atoms with Crippen LogP contribution in [-0.4, -0.2) is 33.2 Å². The van der Waals surface area contributed by atoms with E-state index >= 15 is 0 Å². The predicted molar refractivity (Wildman–Crippen MR) is 80.1 cm³/mol. The zero-order chi connectivity index (χ0) is 15.2. The highest BCUT2D eigenvalue weighted by atomic mass is 32.2. The van der Waals surface area contributed by atoms with Crippen molar-refractivity contribution in [2.75, 3.05) is 6.61 Å². The van der Waals surface area contributed by atoms with Gasteiger partial charge in [-0.2, -0.15) is 0 Å². The number of carbonyl (C=O) groups excluding carboxylic acids is 1. The van der Waals surface area contributed by atoms with Crippen molar-refractivity contribution in [3.8, 4) is 0 Å². The Kier molecular flexibility index (Phi) is 5.46. The fourth-order valence-electron chi connectivity index (χ4n) is 1.74. The minimum absolute atomic E-state index is 0.0786. The number of nitrogens with one attached hydrogen (secondary N) is 1. The van der Waals surface area contributed by atoms with E-state index in [0.29, 0.717) is 17.9 Å². The van der Waals surface area contributed by atoms with Gasteiger partial charge in [-0.25, -0.2) is 4.98 Å². The summed E-state index contributed by atoms with van der Waals surface area (Å²) in [5.41, 5.74) is 0. The first-order valence-corrected chi connectivity index (χ1v) is 7.73. The van der Waals surface area contributed by atoms with Gasteiger partial charge in [-0.1, -0.05) is 18.7 Å². The van der Waals surface area contributed by atoms with Crippen LogP contribution in [0.2, 0.25) is 0 Å². The lowest BCUT2D eigenvalue weighted by Gasteiger charge is -2.12. The molecule has 0 bridgehead atoms. The lowest BCUT2D eigenvalue weighted by atomic mass is 10.2. The normalized spacial score (nSPS) is 12.3. The van der Waals surface area contributed by atoms with Gasteiger partial charge in [0.1, 0.15) is 5.76 Å². The van der Waals surface area contributed by atoms with Crippen LogP contribution in [0.25, 0.3) is 0 Å². The number of aliphatic hydroxyl groups excluding tert-OH is 1. The van der Waals surface area contributed by atoms with Gasteiger partial charge < -0.3 is 19.4 Å². The van der Waals surface area contributed by atoms with Crippen molar-refractivity contribution < 1.29 is 14.3 Å². The number of rotatable bonds is 7. The predicted octanol–water partition coefficient (Wildman–Crippen LogP) is 1.81. The molecular weight excluding hydrogens is 290 g/mol. The van der Waals surface area contributed by atoms with Gasteiger partial charge in [-0.3, -0.25) is 4.79 Å². The number of carbonyl (C=O) groups is 1. The van der Waals surface area contributed by atoms with Crippen LogP contribution in [0.4, 0.5) is 0 Å². The molecule has 2 aromatic heterocycles. The Morgan fingerprint density at radius 1 is 1.57 bits per heavy atom. The number of aromatic nitrogens is 2. The number of hydrogen-bond acceptors (Lipinski definition) is 5. The second kappa shape index (κ2) is 7.33. The number of amides is 1. The number of nitrogens with zero attached hydrogens (tertiary/aromatic N) is 2. The summed E-state index contributed by atoms with van der Waals surface area (Å²) in [4.78, 5) is 16.1. The maximum absolute atomic E-state index is 11.9. The van der Waals surface area contributed by atoms with E-state index in [9.17, 15) is 4.79 Å². The summed E-state index contributed by atoms with van der Waals surface area (Å²) in [6.45, 7) is 1.82. The highest BCUT2D eigenvalue weighted by Crippen LogP contribution is 2.21. The number of aryl methyl sites for hydroxylation is 1. The molecule has 1 atom stereocenters. The maximum atomic E-state index is 11.9. The third kappa shape index (κ3) is 4.12. The van der Waals surface area contributed by atoms with E-state index in [4.69, 9.17) is 9.52 Å². The highest BCUT2D eigenvalue weighted by molar-refractivity contribution is 7.98. The topological polar surface area (TPSA) is 80.3 Å². The number of hydrogen-bond donors (Lipinski definition) is 2. The van der Waals surface area contributed by atoms with Gasteiger partial charge in [0.25, 0.3) is 5.91 Å².